The van der Waals surface area contributed by atoms with Crippen LogP contribution in [0.2, 0.25) is 0 Å². The van der Waals surface area contributed by atoms with Gasteiger partial charge in [0.25, 0.3) is 0 Å². The lowest BCUT2D eigenvalue weighted by atomic mass is 10.1. The molecule has 8 heteroatoms. The second-order valence-corrected chi connectivity index (χ2v) is 6.05. The van der Waals surface area contributed by atoms with E-state index in [4.69, 9.17) is 5.11 Å². The van der Waals surface area contributed by atoms with Gasteiger partial charge in [-0.1, -0.05) is 18.2 Å². The van der Waals surface area contributed by atoms with E-state index in [9.17, 15) is 18.0 Å². The maximum Gasteiger partial charge on any atom is 0.307 e. The summed E-state index contributed by atoms with van der Waals surface area (Å²) in [5, 5.41) is 8.79. The zero-order valence-corrected chi connectivity index (χ0v) is 12.4. The quantitative estimate of drug-likeness (QED) is 0.693. The van der Waals surface area contributed by atoms with Gasteiger partial charge < -0.3 is 9.84 Å². The van der Waals surface area contributed by atoms with Crippen LogP contribution in [0.15, 0.2) is 24.3 Å². The average molecular weight is 315 g/mol. The minimum absolute atomic E-state index is 0.188. The van der Waals surface area contributed by atoms with Crippen LogP contribution >= 0.6 is 0 Å². The molecule has 0 saturated carbocycles. The first-order valence-electron chi connectivity index (χ1n) is 6.30. The van der Waals surface area contributed by atoms with E-state index in [2.05, 4.69) is 9.46 Å². The van der Waals surface area contributed by atoms with E-state index in [0.717, 1.165) is 0 Å². The van der Waals surface area contributed by atoms with Gasteiger partial charge in [-0.05, 0) is 18.6 Å². The molecule has 7 nitrogen and oxygen atoms in total. The van der Waals surface area contributed by atoms with Crippen molar-refractivity contribution in [3.8, 4) is 0 Å². The number of carbonyl (C=O) groups excluding carboxylic acids is 1. The summed E-state index contributed by atoms with van der Waals surface area (Å²) in [6.45, 7) is 1.82. The molecule has 0 unspecified atom stereocenters. The van der Waals surface area contributed by atoms with E-state index in [1.165, 1.54) is 12.1 Å². The Morgan fingerprint density at radius 3 is 2.57 bits per heavy atom. The van der Waals surface area contributed by atoms with Crippen LogP contribution in [0.1, 0.15) is 18.9 Å². The van der Waals surface area contributed by atoms with Crippen LogP contribution in [0, 0.1) is 0 Å². The minimum atomic E-state index is -3.75. The molecule has 0 atom stereocenters. The van der Waals surface area contributed by atoms with Gasteiger partial charge in [0, 0.05) is 0 Å². The number of nitrogens with one attached hydrogen (secondary N) is 1. The van der Waals surface area contributed by atoms with Crippen molar-refractivity contribution in [3.63, 3.8) is 0 Å². The lowest BCUT2D eigenvalue weighted by Gasteiger charge is -2.11. The van der Waals surface area contributed by atoms with E-state index in [-0.39, 0.29) is 25.1 Å². The molecule has 116 valence electrons. The molecule has 0 heterocycles. The Balaban J connectivity index is 2.75. The van der Waals surface area contributed by atoms with Crippen molar-refractivity contribution in [1.29, 1.82) is 0 Å². The Hall–Kier alpha value is -2.09. The van der Waals surface area contributed by atoms with Gasteiger partial charge in [-0.15, -0.1) is 0 Å². The second-order valence-electron chi connectivity index (χ2n) is 4.20. The molecule has 0 amide bonds. The maximum atomic E-state index is 11.9. The van der Waals surface area contributed by atoms with Crippen LogP contribution in [-0.2, 0) is 30.8 Å². The number of hydrogen-bond donors (Lipinski definition) is 2. The first kappa shape index (κ1) is 17.0. The highest BCUT2D eigenvalue weighted by Gasteiger charge is 2.16. The van der Waals surface area contributed by atoms with Crippen molar-refractivity contribution in [1.82, 2.24) is 0 Å². The number of ether oxygens (including phenoxy) is 1. The summed E-state index contributed by atoms with van der Waals surface area (Å²) in [7, 11) is -3.75. The summed E-state index contributed by atoms with van der Waals surface area (Å²) < 4.78 is 30.7. The third kappa shape index (κ3) is 6.26. The van der Waals surface area contributed by atoms with E-state index in [1.807, 2.05) is 0 Å². The summed E-state index contributed by atoms with van der Waals surface area (Å²) >= 11 is 0. The SMILES string of the molecule is CCOC(=O)CCS(=O)(=O)Nc1ccccc1CC(=O)O. The number of aliphatic carboxylic acids is 1. The van der Waals surface area contributed by atoms with Crippen LogP contribution in [0.4, 0.5) is 5.69 Å². The van der Waals surface area contributed by atoms with Crippen molar-refractivity contribution in [2.45, 2.75) is 19.8 Å². The van der Waals surface area contributed by atoms with Gasteiger partial charge in [0.05, 0.1) is 30.9 Å². The lowest BCUT2D eigenvalue weighted by Crippen LogP contribution is -2.21. The Labute approximate surface area is 123 Å². The second kappa shape index (κ2) is 7.63. The van der Waals surface area contributed by atoms with Crippen molar-refractivity contribution in [2.75, 3.05) is 17.1 Å². The molecule has 0 aromatic heterocycles. The summed E-state index contributed by atoms with van der Waals surface area (Å²) in [6, 6.07) is 6.21. The highest BCUT2D eigenvalue weighted by molar-refractivity contribution is 7.92. The summed E-state index contributed by atoms with van der Waals surface area (Å²) in [5.74, 6) is -2.08. The molecule has 0 bridgehead atoms. The molecule has 1 aromatic carbocycles. The van der Waals surface area contributed by atoms with E-state index in [0.29, 0.717) is 5.56 Å². The van der Waals surface area contributed by atoms with Gasteiger partial charge in [-0.2, -0.15) is 0 Å². The van der Waals surface area contributed by atoms with Gasteiger partial charge in [0.2, 0.25) is 10.0 Å². The zero-order valence-electron chi connectivity index (χ0n) is 11.5. The van der Waals surface area contributed by atoms with Crippen LogP contribution in [0.25, 0.3) is 0 Å². The molecule has 0 fully saturated rings. The monoisotopic (exact) mass is 315 g/mol. The van der Waals surface area contributed by atoms with Gasteiger partial charge >= 0.3 is 11.9 Å². The Morgan fingerprint density at radius 1 is 1.29 bits per heavy atom. The first-order valence-corrected chi connectivity index (χ1v) is 7.95. The predicted octanol–water partition coefficient (Wildman–Crippen LogP) is 1.01. The molecule has 0 aliphatic rings. The van der Waals surface area contributed by atoms with Crippen LogP contribution in [0.3, 0.4) is 0 Å². The normalized spacial score (nSPS) is 10.9. The van der Waals surface area contributed by atoms with E-state index >= 15 is 0 Å². The summed E-state index contributed by atoms with van der Waals surface area (Å²) in [5.41, 5.74) is 0.550. The number of esters is 1. The van der Waals surface area contributed by atoms with Gasteiger partial charge in [0.1, 0.15) is 0 Å². The number of benzene rings is 1. The number of carbonyl (C=O) groups is 2. The van der Waals surface area contributed by atoms with Crippen molar-refractivity contribution >= 4 is 27.6 Å². The molecule has 0 radical (unpaired) electrons. The first-order chi connectivity index (χ1) is 9.84. The summed E-state index contributed by atoms with van der Waals surface area (Å²) in [6.07, 6.45) is -0.555. The van der Waals surface area contributed by atoms with Gasteiger partial charge in [-0.25, -0.2) is 8.42 Å². The van der Waals surface area contributed by atoms with Crippen LogP contribution in [0.5, 0.6) is 0 Å². The van der Waals surface area contributed by atoms with Crippen molar-refractivity contribution in [3.05, 3.63) is 29.8 Å². The molecule has 1 rings (SSSR count). The number of carboxylic acid groups (broad SMARTS) is 1. The third-order valence-corrected chi connectivity index (χ3v) is 3.78. The topological polar surface area (TPSA) is 110 Å². The molecular formula is C13H17NO6S. The van der Waals surface area contributed by atoms with Crippen LogP contribution < -0.4 is 4.72 Å². The molecule has 1 aromatic rings. The van der Waals surface area contributed by atoms with Crippen molar-refractivity contribution < 1.29 is 27.9 Å². The van der Waals surface area contributed by atoms with E-state index < -0.39 is 27.7 Å². The summed E-state index contributed by atoms with van der Waals surface area (Å²) in [4.78, 5) is 21.9. The van der Waals surface area contributed by atoms with Gasteiger partial charge in [0.15, 0.2) is 0 Å². The lowest BCUT2D eigenvalue weighted by molar-refractivity contribution is -0.142. The minimum Gasteiger partial charge on any atom is -0.481 e. The molecule has 0 aliphatic carbocycles. The molecule has 2 N–H and O–H groups in total. The zero-order chi connectivity index (χ0) is 15.9. The molecule has 21 heavy (non-hydrogen) atoms. The number of hydrogen-bond acceptors (Lipinski definition) is 5. The molecule has 0 aliphatic heterocycles. The third-order valence-electron chi connectivity index (χ3n) is 2.50. The number of rotatable bonds is 8. The number of para-hydroxylation sites is 1. The number of carboxylic acids is 1. The fraction of sp³-hybridized carbons (Fsp3) is 0.385. The van der Waals surface area contributed by atoms with Crippen LogP contribution in [-0.4, -0.2) is 37.8 Å². The molecule has 0 saturated heterocycles. The maximum absolute atomic E-state index is 11.9. The fourth-order valence-corrected chi connectivity index (χ4v) is 2.68. The van der Waals surface area contributed by atoms with E-state index in [1.54, 1.807) is 19.1 Å². The predicted molar refractivity (Wildman–Crippen MR) is 76.4 cm³/mol. The highest BCUT2D eigenvalue weighted by atomic mass is 32.2. The fourth-order valence-electron chi connectivity index (χ4n) is 1.61. The standard InChI is InChI=1S/C13H17NO6S/c1-2-20-13(17)7-8-21(18,19)14-11-6-4-3-5-10(11)9-12(15)16/h3-6,14H,2,7-9H2,1H3,(H,15,16). The Bertz CT molecular complexity index is 611. The molecular weight excluding hydrogens is 298 g/mol. The number of anilines is 1. The van der Waals surface area contributed by atoms with Crippen molar-refractivity contribution in [2.24, 2.45) is 0 Å². The Kier molecular flexibility index (Phi) is 6.16. The largest absolute Gasteiger partial charge is 0.481 e. The smallest absolute Gasteiger partial charge is 0.307 e. The number of sulfonamides is 1. The Morgan fingerprint density at radius 2 is 1.95 bits per heavy atom. The highest BCUT2D eigenvalue weighted by Crippen LogP contribution is 2.17. The van der Waals surface area contributed by atoms with Gasteiger partial charge in [-0.3, -0.25) is 14.3 Å². The average Bonchev–Trinajstić information content (AvgIpc) is 2.38. The molecule has 0 spiro atoms.